The summed E-state index contributed by atoms with van der Waals surface area (Å²) in [6.45, 7) is 0.259. The fourth-order valence-corrected chi connectivity index (χ4v) is 3.09. The Morgan fingerprint density at radius 2 is 1.86 bits per heavy atom. The van der Waals surface area contributed by atoms with Gasteiger partial charge in [0, 0.05) is 12.1 Å². The minimum atomic E-state index is -0.782. The van der Waals surface area contributed by atoms with Gasteiger partial charge in [-0.1, -0.05) is 25.0 Å². The van der Waals surface area contributed by atoms with Gasteiger partial charge in [-0.25, -0.2) is 9.18 Å². The molecule has 2 amide bonds. The van der Waals surface area contributed by atoms with Gasteiger partial charge in [-0.2, -0.15) is 0 Å². The highest BCUT2D eigenvalue weighted by Gasteiger charge is 2.35. The number of hydrogen-bond acceptors (Lipinski definition) is 2. The quantitative estimate of drug-likeness (QED) is 0.878. The van der Waals surface area contributed by atoms with Crippen LogP contribution in [0.1, 0.15) is 50.2 Å². The van der Waals surface area contributed by atoms with Crippen LogP contribution >= 0.6 is 0 Å². The van der Waals surface area contributed by atoms with Gasteiger partial charge in [0.05, 0.1) is 12.6 Å². The molecule has 1 aromatic rings. The van der Waals surface area contributed by atoms with Crippen molar-refractivity contribution in [3.05, 3.63) is 35.6 Å². The fraction of sp³-hybridized carbons (Fsp3) is 0.588. The molecule has 0 spiro atoms. The zero-order valence-electron chi connectivity index (χ0n) is 12.7. The van der Waals surface area contributed by atoms with Gasteiger partial charge in [0.2, 0.25) is 0 Å². The second-order valence-electron chi connectivity index (χ2n) is 6.38. The van der Waals surface area contributed by atoms with Gasteiger partial charge in [0.25, 0.3) is 0 Å². The third-order valence-electron chi connectivity index (χ3n) is 4.56. The van der Waals surface area contributed by atoms with Gasteiger partial charge in [-0.15, -0.1) is 0 Å². The molecular weight excluding hydrogens is 283 g/mol. The average molecular weight is 306 g/mol. The molecule has 0 aromatic heterocycles. The van der Waals surface area contributed by atoms with E-state index >= 15 is 0 Å². The molecule has 2 N–H and O–H groups in total. The Balaban J connectivity index is 1.61. The number of rotatable bonds is 5. The minimum absolute atomic E-state index is 0.0736. The molecule has 2 aliphatic rings. The van der Waals surface area contributed by atoms with E-state index in [9.17, 15) is 14.3 Å². The molecule has 2 fully saturated rings. The molecule has 2 saturated carbocycles. The van der Waals surface area contributed by atoms with Crippen LogP contribution in [0.5, 0.6) is 0 Å². The smallest absolute Gasteiger partial charge is 0.317 e. The lowest BCUT2D eigenvalue weighted by atomic mass is 10.1. The third kappa shape index (κ3) is 3.77. The van der Waals surface area contributed by atoms with E-state index in [0.29, 0.717) is 5.56 Å². The van der Waals surface area contributed by atoms with Crippen LogP contribution in [-0.4, -0.2) is 34.7 Å². The Labute approximate surface area is 130 Å². The zero-order valence-corrected chi connectivity index (χ0v) is 12.7. The number of nitrogens with one attached hydrogen (secondary N) is 1. The molecule has 0 aliphatic heterocycles. The Morgan fingerprint density at radius 3 is 2.45 bits per heavy atom. The molecule has 1 aromatic carbocycles. The van der Waals surface area contributed by atoms with E-state index < -0.39 is 6.10 Å². The lowest BCUT2D eigenvalue weighted by Gasteiger charge is -2.27. The largest absolute Gasteiger partial charge is 0.387 e. The number of aliphatic hydroxyl groups is 1. The number of carbonyl (C=O) groups is 1. The Kier molecular flexibility index (Phi) is 4.62. The van der Waals surface area contributed by atoms with Crippen LogP contribution in [0, 0.1) is 5.82 Å². The lowest BCUT2D eigenvalue weighted by Crippen LogP contribution is -2.46. The summed E-state index contributed by atoms with van der Waals surface area (Å²) in [6, 6.07) is 6.24. The molecule has 1 atom stereocenters. The van der Waals surface area contributed by atoms with E-state index in [1.54, 1.807) is 17.0 Å². The van der Waals surface area contributed by atoms with Crippen LogP contribution < -0.4 is 5.32 Å². The SMILES string of the molecule is O=C(NC1CCCC1)N(CC(O)c1ccc(F)cc1)C1CC1. The lowest BCUT2D eigenvalue weighted by molar-refractivity contribution is 0.116. The summed E-state index contributed by atoms with van der Waals surface area (Å²) in [4.78, 5) is 14.2. The summed E-state index contributed by atoms with van der Waals surface area (Å²) < 4.78 is 13.0. The Morgan fingerprint density at radius 1 is 1.23 bits per heavy atom. The van der Waals surface area contributed by atoms with Crippen LogP contribution in [0.3, 0.4) is 0 Å². The van der Waals surface area contributed by atoms with E-state index in [2.05, 4.69) is 5.32 Å². The van der Waals surface area contributed by atoms with Crippen molar-refractivity contribution in [3.63, 3.8) is 0 Å². The summed E-state index contributed by atoms with van der Waals surface area (Å²) in [7, 11) is 0. The van der Waals surface area contributed by atoms with Crippen LogP contribution in [0.25, 0.3) is 0 Å². The second-order valence-corrected chi connectivity index (χ2v) is 6.38. The van der Waals surface area contributed by atoms with E-state index in [1.165, 1.54) is 25.0 Å². The molecule has 0 radical (unpaired) electrons. The van der Waals surface area contributed by atoms with Crippen molar-refractivity contribution in [1.82, 2.24) is 10.2 Å². The van der Waals surface area contributed by atoms with Crippen LogP contribution in [0.4, 0.5) is 9.18 Å². The van der Waals surface area contributed by atoms with Crippen molar-refractivity contribution >= 4 is 6.03 Å². The first-order valence-corrected chi connectivity index (χ1v) is 8.14. The molecule has 22 heavy (non-hydrogen) atoms. The molecular formula is C17H23FN2O2. The molecule has 4 nitrogen and oxygen atoms in total. The summed E-state index contributed by atoms with van der Waals surface area (Å²) in [5.41, 5.74) is 0.640. The van der Waals surface area contributed by atoms with Gasteiger partial charge in [0.1, 0.15) is 5.82 Å². The van der Waals surface area contributed by atoms with Crippen molar-refractivity contribution in [3.8, 4) is 0 Å². The second kappa shape index (κ2) is 6.65. The van der Waals surface area contributed by atoms with Crippen LogP contribution in [0.2, 0.25) is 0 Å². The van der Waals surface area contributed by atoms with Gasteiger partial charge in [-0.3, -0.25) is 0 Å². The van der Waals surface area contributed by atoms with Gasteiger partial charge < -0.3 is 15.3 Å². The van der Waals surface area contributed by atoms with E-state index in [0.717, 1.165) is 25.7 Å². The topological polar surface area (TPSA) is 52.6 Å². The molecule has 3 rings (SSSR count). The third-order valence-corrected chi connectivity index (χ3v) is 4.56. The monoisotopic (exact) mass is 306 g/mol. The van der Waals surface area contributed by atoms with Crippen molar-refractivity contribution in [1.29, 1.82) is 0 Å². The maximum absolute atomic E-state index is 13.0. The summed E-state index contributed by atoms with van der Waals surface area (Å²) >= 11 is 0. The Hall–Kier alpha value is -1.62. The maximum Gasteiger partial charge on any atom is 0.317 e. The molecule has 0 heterocycles. The summed E-state index contributed by atoms with van der Waals surface area (Å²) in [5.74, 6) is -0.325. The van der Waals surface area contributed by atoms with Gasteiger partial charge in [-0.05, 0) is 43.4 Å². The van der Waals surface area contributed by atoms with Crippen molar-refractivity contribution < 1.29 is 14.3 Å². The van der Waals surface area contributed by atoms with Crippen LogP contribution in [-0.2, 0) is 0 Å². The number of nitrogens with zero attached hydrogens (tertiary/aromatic N) is 1. The number of urea groups is 1. The van der Waals surface area contributed by atoms with Gasteiger partial charge in [0.15, 0.2) is 0 Å². The van der Waals surface area contributed by atoms with Crippen LogP contribution in [0.15, 0.2) is 24.3 Å². The Bertz CT molecular complexity index is 510. The molecule has 2 aliphatic carbocycles. The average Bonchev–Trinajstić information content (AvgIpc) is 3.22. The van der Waals surface area contributed by atoms with E-state index in [-0.39, 0.29) is 30.5 Å². The minimum Gasteiger partial charge on any atom is -0.387 e. The number of aliphatic hydroxyl groups excluding tert-OH is 1. The van der Waals surface area contributed by atoms with Crippen molar-refractivity contribution in [2.75, 3.05) is 6.54 Å². The first-order chi connectivity index (χ1) is 10.6. The fourth-order valence-electron chi connectivity index (χ4n) is 3.09. The first kappa shape index (κ1) is 15.3. The highest BCUT2D eigenvalue weighted by molar-refractivity contribution is 5.75. The van der Waals surface area contributed by atoms with Crippen molar-refractivity contribution in [2.45, 2.75) is 56.7 Å². The normalized spacial score (nSPS) is 19.9. The number of hydrogen-bond donors (Lipinski definition) is 2. The number of amides is 2. The highest BCUT2D eigenvalue weighted by Crippen LogP contribution is 2.29. The molecule has 0 saturated heterocycles. The summed E-state index contributed by atoms with van der Waals surface area (Å²) in [6.07, 6.45) is 5.65. The highest BCUT2D eigenvalue weighted by atomic mass is 19.1. The van der Waals surface area contributed by atoms with Crippen molar-refractivity contribution in [2.24, 2.45) is 0 Å². The predicted octanol–water partition coefficient (Wildman–Crippen LogP) is 2.98. The molecule has 120 valence electrons. The zero-order chi connectivity index (χ0) is 15.5. The van der Waals surface area contributed by atoms with E-state index in [1.807, 2.05) is 0 Å². The maximum atomic E-state index is 13.0. The number of benzene rings is 1. The van der Waals surface area contributed by atoms with Gasteiger partial charge >= 0.3 is 6.03 Å². The molecule has 1 unspecified atom stereocenters. The standard InChI is InChI=1S/C17H23FN2O2/c18-13-7-5-12(6-8-13)16(21)11-20(15-9-10-15)17(22)19-14-3-1-2-4-14/h5-8,14-16,21H,1-4,9-11H2,(H,19,22). The van der Waals surface area contributed by atoms with E-state index in [4.69, 9.17) is 0 Å². The molecule has 5 heteroatoms. The number of carbonyl (C=O) groups excluding carboxylic acids is 1. The summed E-state index contributed by atoms with van der Waals surface area (Å²) in [5, 5.41) is 13.4. The predicted molar refractivity (Wildman–Crippen MR) is 81.9 cm³/mol. The number of halogens is 1. The molecule has 0 bridgehead atoms. The first-order valence-electron chi connectivity index (χ1n) is 8.14.